The molecule has 0 nitrogen and oxygen atoms in total. The van der Waals surface area contributed by atoms with Gasteiger partial charge in [0, 0.05) is 0 Å². The van der Waals surface area contributed by atoms with E-state index in [1.165, 1.54) is 12.8 Å². The van der Waals surface area contributed by atoms with Crippen molar-refractivity contribution in [2.45, 2.75) is 51.9 Å². The molecule has 0 heterocycles. The van der Waals surface area contributed by atoms with Crippen molar-refractivity contribution in [1.82, 2.24) is 0 Å². The molecule has 3 saturated carbocycles. The Morgan fingerprint density at radius 3 is 2.25 bits per heavy atom. The second kappa shape index (κ2) is 2.27. The van der Waals surface area contributed by atoms with Gasteiger partial charge in [-0.3, -0.25) is 0 Å². The van der Waals surface area contributed by atoms with E-state index in [2.05, 4.69) is 6.92 Å². The van der Waals surface area contributed by atoms with Crippen LogP contribution in [0.5, 0.6) is 0 Å². The highest BCUT2D eigenvalue weighted by molar-refractivity contribution is 5.07. The molecule has 0 aromatic heterocycles. The third kappa shape index (κ3) is 0.701. The van der Waals surface area contributed by atoms with Gasteiger partial charge in [-0.05, 0) is 55.3 Å². The van der Waals surface area contributed by atoms with Gasteiger partial charge in [0.05, 0.1) is 0 Å². The van der Waals surface area contributed by atoms with Crippen molar-refractivity contribution in [3.8, 4) is 0 Å². The van der Waals surface area contributed by atoms with Crippen LogP contribution < -0.4 is 0 Å². The van der Waals surface area contributed by atoms with Crippen molar-refractivity contribution in [3.63, 3.8) is 0 Å². The highest BCUT2D eigenvalue weighted by atomic mass is 14.6. The minimum absolute atomic E-state index is 0.830. The lowest BCUT2D eigenvalue weighted by Crippen LogP contribution is -2.46. The van der Waals surface area contributed by atoms with E-state index in [0.29, 0.717) is 0 Å². The second-order valence-electron chi connectivity index (χ2n) is 5.55. The summed E-state index contributed by atoms with van der Waals surface area (Å²) in [4.78, 5) is 0. The Bertz CT molecular complexity index is 194. The second-order valence-corrected chi connectivity index (χ2v) is 5.55. The molecule has 0 aliphatic heterocycles. The van der Waals surface area contributed by atoms with E-state index >= 15 is 0 Å². The van der Waals surface area contributed by atoms with Crippen molar-refractivity contribution in [1.29, 1.82) is 0 Å². The summed E-state index contributed by atoms with van der Waals surface area (Å²) in [6, 6.07) is 0. The van der Waals surface area contributed by atoms with E-state index in [0.717, 1.165) is 23.2 Å². The average Bonchev–Trinajstić information content (AvgIpc) is 2.26. The Hall–Kier alpha value is 0. The van der Waals surface area contributed by atoms with Crippen LogP contribution >= 0.6 is 0 Å². The minimum Gasteiger partial charge on any atom is -0.0588 e. The minimum atomic E-state index is 0.830. The molecule has 3 rings (SSSR count). The van der Waals surface area contributed by atoms with E-state index in [4.69, 9.17) is 0 Å². The predicted octanol–water partition coefficient (Wildman–Crippen LogP) is 3.61. The highest BCUT2D eigenvalue weighted by Gasteiger charge is 2.58. The zero-order valence-corrected chi connectivity index (χ0v) is 8.18. The lowest BCUT2D eigenvalue weighted by atomic mass is 9.52. The molecule has 0 N–H and O–H groups in total. The van der Waals surface area contributed by atoms with Gasteiger partial charge in [-0.15, -0.1) is 0 Å². The molecule has 4 unspecified atom stereocenters. The van der Waals surface area contributed by atoms with Crippen LogP contribution in [0.25, 0.3) is 0 Å². The van der Waals surface area contributed by atoms with Gasteiger partial charge in [0.2, 0.25) is 0 Å². The molecule has 3 fully saturated rings. The summed E-state index contributed by atoms with van der Waals surface area (Å²) in [5.74, 6) is 3.41. The van der Waals surface area contributed by atoms with Gasteiger partial charge in [0.15, 0.2) is 0 Å². The molecular weight excluding hydrogens is 144 g/mol. The van der Waals surface area contributed by atoms with E-state index < -0.39 is 0 Å². The zero-order chi connectivity index (χ0) is 8.18. The van der Waals surface area contributed by atoms with Gasteiger partial charge >= 0.3 is 0 Å². The number of hydrogen-bond acceptors (Lipinski definition) is 0. The molecular formula is C12H20. The summed E-state index contributed by atoms with van der Waals surface area (Å²) in [5, 5.41) is 0. The molecule has 0 bridgehead atoms. The summed E-state index contributed by atoms with van der Waals surface area (Å²) in [7, 11) is 0. The van der Waals surface area contributed by atoms with Crippen molar-refractivity contribution in [2.75, 3.05) is 0 Å². The normalized spacial score (nSPS) is 57.2. The van der Waals surface area contributed by atoms with Crippen molar-refractivity contribution < 1.29 is 0 Å². The lowest BCUT2D eigenvalue weighted by molar-refractivity contribution is -0.0428. The maximum Gasteiger partial charge on any atom is -0.0241 e. The first kappa shape index (κ1) is 7.41. The number of rotatable bonds is 0. The van der Waals surface area contributed by atoms with Crippen LogP contribution in [-0.4, -0.2) is 0 Å². The fourth-order valence-electron chi connectivity index (χ4n) is 4.50. The predicted molar refractivity (Wildman–Crippen MR) is 50.9 cm³/mol. The first-order chi connectivity index (χ1) is 5.82. The molecule has 0 aromatic rings. The Balaban J connectivity index is 1.92. The van der Waals surface area contributed by atoms with E-state index in [1.807, 2.05) is 0 Å². The van der Waals surface area contributed by atoms with Crippen LogP contribution in [0.3, 0.4) is 0 Å². The van der Waals surface area contributed by atoms with Crippen LogP contribution in [0.4, 0.5) is 0 Å². The largest absolute Gasteiger partial charge is 0.0588 e. The summed E-state index contributed by atoms with van der Waals surface area (Å²) in [6.45, 7) is 2.61. The van der Waals surface area contributed by atoms with Gasteiger partial charge in [-0.1, -0.05) is 19.8 Å². The third-order valence-corrected chi connectivity index (χ3v) is 5.43. The van der Waals surface area contributed by atoms with Gasteiger partial charge in [0.25, 0.3) is 0 Å². The van der Waals surface area contributed by atoms with Crippen LogP contribution in [0.15, 0.2) is 0 Å². The molecule has 3 aliphatic rings. The molecule has 0 radical (unpaired) electrons. The standard InChI is InChI=1S/C12H20/c1-12-9-4-2-3-5-10(12)8-11(12)7-6-9/h9-11H,2-8H2,1H3. The summed E-state index contributed by atoms with van der Waals surface area (Å²) >= 11 is 0. The molecule has 0 aromatic carbocycles. The SMILES string of the molecule is CC12C3CCCCC1CC2CC3. The molecule has 68 valence electrons. The Labute approximate surface area is 75.7 Å². The molecule has 0 saturated heterocycles. The molecule has 0 amide bonds. The van der Waals surface area contributed by atoms with Crippen molar-refractivity contribution in [2.24, 2.45) is 23.2 Å². The molecule has 4 atom stereocenters. The fraction of sp³-hybridized carbons (Fsp3) is 1.00. The van der Waals surface area contributed by atoms with Crippen LogP contribution in [0.1, 0.15) is 51.9 Å². The molecule has 3 aliphatic carbocycles. The summed E-state index contributed by atoms with van der Waals surface area (Å²) in [5.41, 5.74) is 0.830. The molecule has 0 spiro atoms. The maximum atomic E-state index is 2.61. The fourth-order valence-corrected chi connectivity index (χ4v) is 4.50. The van der Waals surface area contributed by atoms with Gasteiger partial charge in [0.1, 0.15) is 0 Å². The van der Waals surface area contributed by atoms with Crippen molar-refractivity contribution in [3.05, 3.63) is 0 Å². The van der Waals surface area contributed by atoms with Gasteiger partial charge < -0.3 is 0 Å². The Morgan fingerprint density at radius 2 is 1.42 bits per heavy atom. The summed E-state index contributed by atoms with van der Waals surface area (Å²) in [6.07, 6.45) is 10.9. The summed E-state index contributed by atoms with van der Waals surface area (Å²) < 4.78 is 0. The highest BCUT2D eigenvalue weighted by Crippen LogP contribution is 2.67. The van der Waals surface area contributed by atoms with Crippen LogP contribution in [0.2, 0.25) is 0 Å². The third-order valence-electron chi connectivity index (χ3n) is 5.43. The van der Waals surface area contributed by atoms with Gasteiger partial charge in [-0.2, -0.15) is 0 Å². The first-order valence-electron chi connectivity index (χ1n) is 5.82. The van der Waals surface area contributed by atoms with E-state index in [1.54, 1.807) is 32.1 Å². The monoisotopic (exact) mass is 164 g/mol. The zero-order valence-electron chi connectivity index (χ0n) is 8.18. The van der Waals surface area contributed by atoms with E-state index in [-0.39, 0.29) is 0 Å². The Kier molecular flexibility index (Phi) is 1.40. The topological polar surface area (TPSA) is 0 Å². The smallest absolute Gasteiger partial charge is 0.0241 e. The maximum absolute atomic E-state index is 2.61. The molecule has 0 heteroatoms. The van der Waals surface area contributed by atoms with E-state index in [9.17, 15) is 0 Å². The first-order valence-corrected chi connectivity index (χ1v) is 5.82. The van der Waals surface area contributed by atoms with Crippen LogP contribution in [0, 0.1) is 23.2 Å². The Morgan fingerprint density at radius 1 is 0.833 bits per heavy atom. The van der Waals surface area contributed by atoms with Crippen molar-refractivity contribution >= 4 is 0 Å². The number of hydrogen-bond donors (Lipinski definition) is 0. The average molecular weight is 164 g/mol. The van der Waals surface area contributed by atoms with Gasteiger partial charge in [-0.25, -0.2) is 0 Å². The quantitative estimate of drug-likeness (QED) is 0.513. The molecule has 12 heavy (non-hydrogen) atoms. The lowest BCUT2D eigenvalue weighted by Gasteiger charge is -2.53. The van der Waals surface area contributed by atoms with Crippen LogP contribution in [-0.2, 0) is 0 Å².